The van der Waals surface area contributed by atoms with Crippen molar-refractivity contribution < 1.29 is 17.9 Å². The maximum atomic E-state index is 13.0. The highest BCUT2D eigenvalue weighted by molar-refractivity contribution is 9.11. The molecule has 0 fully saturated rings. The van der Waals surface area contributed by atoms with Crippen LogP contribution in [0.4, 0.5) is 4.39 Å². The summed E-state index contributed by atoms with van der Waals surface area (Å²) in [5.74, 6) is -0.513. The van der Waals surface area contributed by atoms with Gasteiger partial charge in [0.25, 0.3) is 0 Å². The predicted molar refractivity (Wildman–Crippen MR) is 68.2 cm³/mol. The largest absolute Gasteiger partial charge is 0.386 e. The van der Waals surface area contributed by atoms with Crippen molar-refractivity contribution in [3.63, 3.8) is 0 Å². The van der Waals surface area contributed by atoms with Crippen LogP contribution >= 0.6 is 15.9 Å². The first-order valence-corrected chi connectivity index (χ1v) is 7.73. The SMILES string of the molecule is CC[C@](Br)([C@@H](O)c1cccc(F)c1)S(C)(=O)=O. The molecule has 0 amide bonds. The van der Waals surface area contributed by atoms with Crippen LogP contribution < -0.4 is 0 Å². The molecule has 1 rings (SSSR count). The Hall–Kier alpha value is -0.460. The molecule has 3 nitrogen and oxygen atoms in total. The van der Waals surface area contributed by atoms with Crippen molar-refractivity contribution >= 4 is 25.8 Å². The third-order valence-corrected chi connectivity index (χ3v) is 7.17. The van der Waals surface area contributed by atoms with Crippen molar-refractivity contribution in [2.45, 2.75) is 23.1 Å². The van der Waals surface area contributed by atoms with Gasteiger partial charge < -0.3 is 5.11 Å². The first-order chi connectivity index (χ1) is 7.72. The van der Waals surface area contributed by atoms with E-state index in [0.717, 1.165) is 12.3 Å². The second-order valence-corrected chi connectivity index (χ2v) is 8.08. The lowest BCUT2D eigenvalue weighted by atomic mass is 10.0. The third-order valence-electron chi connectivity index (χ3n) is 2.67. The summed E-state index contributed by atoms with van der Waals surface area (Å²) < 4.78 is 34.9. The van der Waals surface area contributed by atoms with Gasteiger partial charge in [-0.2, -0.15) is 0 Å². The van der Waals surface area contributed by atoms with Crippen LogP contribution in [0.5, 0.6) is 0 Å². The van der Waals surface area contributed by atoms with E-state index < -0.39 is 25.4 Å². The van der Waals surface area contributed by atoms with Crippen molar-refractivity contribution in [1.29, 1.82) is 0 Å². The number of hydrogen-bond acceptors (Lipinski definition) is 3. The number of hydrogen-bond donors (Lipinski definition) is 1. The van der Waals surface area contributed by atoms with E-state index in [0.29, 0.717) is 0 Å². The first kappa shape index (κ1) is 14.6. The number of aliphatic hydroxyl groups is 1. The van der Waals surface area contributed by atoms with Gasteiger partial charge >= 0.3 is 0 Å². The fourth-order valence-electron chi connectivity index (χ4n) is 1.58. The number of benzene rings is 1. The highest BCUT2D eigenvalue weighted by Crippen LogP contribution is 2.41. The summed E-state index contributed by atoms with van der Waals surface area (Å²) in [6.07, 6.45) is -0.115. The lowest BCUT2D eigenvalue weighted by Gasteiger charge is -2.29. The van der Waals surface area contributed by atoms with Gasteiger partial charge in [0, 0.05) is 6.26 Å². The van der Waals surface area contributed by atoms with Gasteiger partial charge in [-0.1, -0.05) is 35.0 Å². The van der Waals surface area contributed by atoms with Crippen molar-refractivity contribution in [3.8, 4) is 0 Å². The number of aliphatic hydroxyl groups excluding tert-OH is 1. The molecule has 0 heterocycles. The van der Waals surface area contributed by atoms with Crippen LogP contribution in [-0.2, 0) is 9.84 Å². The minimum atomic E-state index is -3.53. The molecule has 0 radical (unpaired) electrons. The van der Waals surface area contributed by atoms with Crippen molar-refractivity contribution in [3.05, 3.63) is 35.6 Å². The molecule has 0 aromatic heterocycles. The Balaban J connectivity index is 3.24. The van der Waals surface area contributed by atoms with Crippen LogP contribution in [0.1, 0.15) is 25.0 Å². The van der Waals surface area contributed by atoms with Crippen molar-refractivity contribution in [1.82, 2.24) is 0 Å². The quantitative estimate of drug-likeness (QED) is 0.865. The summed E-state index contributed by atoms with van der Waals surface area (Å²) in [4.78, 5) is 0. The molecule has 1 aromatic carbocycles. The molecule has 0 saturated carbocycles. The Morgan fingerprint density at radius 3 is 2.53 bits per heavy atom. The second-order valence-electron chi connectivity index (χ2n) is 3.87. The molecule has 0 unspecified atom stereocenters. The lowest BCUT2D eigenvalue weighted by molar-refractivity contribution is 0.160. The van der Waals surface area contributed by atoms with E-state index >= 15 is 0 Å². The van der Waals surface area contributed by atoms with Crippen LogP contribution in [0.15, 0.2) is 24.3 Å². The summed E-state index contributed by atoms with van der Waals surface area (Å²) in [6, 6.07) is 5.28. The van der Waals surface area contributed by atoms with Crippen molar-refractivity contribution in [2.24, 2.45) is 0 Å². The van der Waals surface area contributed by atoms with Crippen LogP contribution in [0.25, 0.3) is 0 Å². The van der Waals surface area contributed by atoms with Gasteiger partial charge in [-0.25, -0.2) is 12.8 Å². The fourth-order valence-corrected chi connectivity index (χ4v) is 2.91. The summed E-state index contributed by atoms with van der Waals surface area (Å²) in [7, 11) is -3.53. The van der Waals surface area contributed by atoms with Gasteiger partial charge in [0.1, 0.15) is 11.9 Å². The molecule has 1 aromatic rings. The summed E-state index contributed by atoms with van der Waals surface area (Å²) in [5.41, 5.74) is 0.231. The standard InChI is InChI=1S/C11H14BrFO3S/c1-3-11(12,17(2,15)16)10(14)8-5-4-6-9(13)7-8/h4-7,10,14H,3H2,1-2H3/t10-,11+/m0/s1. The normalized spacial score (nSPS) is 17.5. The minimum absolute atomic E-state index is 0.170. The molecule has 0 spiro atoms. The molecular weight excluding hydrogens is 311 g/mol. The summed E-state index contributed by atoms with van der Waals surface area (Å²) in [5, 5.41) is 10.1. The first-order valence-electron chi connectivity index (χ1n) is 5.04. The predicted octanol–water partition coefficient (Wildman–Crippen LogP) is 2.40. The Morgan fingerprint density at radius 2 is 2.12 bits per heavy atom. The maximum absolute atomic E-state index is 13.0. The molecule has 0 aliphatic carbocycles. The average molecular weight is 325 g/mol. The number of rotatable bonds is 4. The minimum Gasteiger partial charge on any atom is -0.386 e. The Bertz CT molecular complexity index is 503. The highest BCUT2D eigenvalue weighted by Gasteiger charge is 2.44. The average Bonchev–Trinajstić information content (AvgIpc) is 2.25. The maximum Gasteiger partial charge on any atom is 0.166 e. The van der Waals surface area contributed by atoms with E-state index in [9.17, 15) is 17.9 Å². The monoisotopic (exact) mass is 324 g/mol. The molecule has 6 heteroatoms. The number of alkyl halides is 1. The van der Waals surface area contributed by atoms with Crippen LogP contribution in [0.2, 0.25) is 0 Å². The summed E-state index contributed by atoms with van der Waals surface area (Å²) in [6.45, 7) is 1.64. The molecule has 0 aliphatic rings. The van der Waals surface area contributed by atoms with Gasteiger partial charge in [0.15, 0.2) is 13.5 Å². The fraction of sp³-hybridized carbons (Fsp3) is 0.455. The molecule has 0 bridgehead atoms. The zero-order valence-corrected chi connectivity index (χ0v) is 11.9. The van der Waals surface area contributed by atoms with Crippen molar-refractivity contribution in [2.75, 3.05) is 6.26 Å². The zero-order chi connectivity index (χ0) is 13.3. The van der Waals surface area contributed by atoms with Gasteiger partial charge in [-0.05, 0) is 24.1 Å². The Kier molecular flexibility index (Phi) is 4.33. The van der Waals surface area contributed by atoms with Crippen LogP contribution in [0.3, 0.4) is 0 Å². The van der Waals surface area contributed by atoms with Gasteiger partial charge in [-0.15, -0.1) is 0 Å². The molecular formula is C11H14BrFO3S. The number of sulfone groups is 1. The van der Waals surface area contributed by atoms with Gasteiger partial charge in [-0.3, -0.25) is 0 Å². The topological polar surface area (TPSA) is 54.4 Å². The second kappa shape index (κ2) is 5.04. The van der Waals surface area contributed by atoms with Gasteiger partial charge in [0.2, 0.25) is 0 Å². The molecule has 1 N–H and O–H groups in total. The molecule has 0 saturated heterocycles. The molecule has 96 valence electrons. The third kappa shape index (κ3) is 2.86. The van der Waals surface area contributed by atoms with Crippen LogP contribution in [-0.4, -0.2) is 23.4 Å². The van der Waals surface area contributed by atoms with E-state index in [4.69, 9.17) is 0 Å². The molecule has 0 aliphatic heterocycles. The lowest BCUT2D eigenvalue weighted by Crippen LogP contribution is -2.37. The smallest absolute Gasteiger partial charge is 0.166 e. The number of halogens is 2. The van der Waals surface area contributed by atoms with Crippen LogP contribution in [0, 0.1) is 5.82 Å². The van der Waals surface area contributed by atoms with E-state index in [-0.39, 0.29) is 12.0 Å². The van der Waals surface area contributed by atoms with E-state index in [1.807, 2.05) is 0 Å². The van der Waals surface area contributed by atoms with E-state index in [2.05, 4.69) is 15.9 Å². The van der Waals surface area contributed by atoms with E-state index in [1.54, 1.807) is 6.92 Å². The van der Waals surface area contributed by atoms with E-state index in [1.165, 1.54) is 18.2 Å². The summed E-state index contributed by atoms with van der Waals surface area (Å²) >= 11 is 3.07. The van der Waals surface area contributed by atoms with Gasteiger partial charge in [0.05, 0.1) is 0 Å². The zero-order valence-electron chi connectivity index (χ0n) is 9.52. The Morgan fingerprint density at radius 1 is 1.53 bits per heavy atom. The molecule has 17 heavy (non-hydrogen) atoms. The highest BCUT2D eigenvalue weighted by atomic mass is 79.9. The molecule has 2 atom stereocenters. The Labute approximate surface area is 109 Å².